The van der Waals surface area contributed by atoms with Gasteiger partial charge in [0, 0.05) is 44.0 Å². The molecule has 2 aromatic heterocycles. The molecule has 0 aliphatic carbocycles. The average molecular weight is 409 g/mol. The number of para-hydroxylation sites is 2. The van der Waals surface area contributed by atoms with Crippen LogP contribution >= 0.6 is 0 Å². The molecule has 1 fully saturated rings. The average Bonchev–Trinajstić information content (AvgIpc) is 2.86. The molecule has 0 amide bonds. The second-order valence-corrected chi connectivity index (χ2v) is 7.33. The van der Waals surface area contributed by atoms with E-state index >= 15 is 0 Å². The van der Waals surface area contributed by atoms with Crippen LogP contribution in [0, 0.1) is 0 Å². The molecule has 0 bridgehead atoms. The fraction of sp³-hybridized carbons (Fsp3) is 0.160. The van der Waals surface area contributed by atoms with Gasteiger partial charge in [-0.3, -0.25) is 0 Å². The quantitative estimate of drug-likeness (QED) is 0.478. The third kappa shape index (κ3) is 4.33. The van der Waals surface area contributed by atoms with Crippen LogP contribution in [0.3, 0.4) is 0 Å². The minimum absolute atomic E-state index is 0.776. The van der Waals surface area contributed by atoms with Gasteiger partial charge in [0.05, 0.1) is 5.69 Å². The molecule has 0 saturated carbocycles. The standard InChI is InChI=1S/C25H23N5O/c1-2-8-20(9-3-1)31-23-11-5-4-10-21(23)22-18-25(28-19-27-22)30-16-14-29(15-17-30)24-12-6-7-13-26-24/h1-13,18-19H,14-17H2. The zero-order valence-electron chi connectivity index (χ0n) is 17.1. The fourth-order valence-corrected chi connectivity index (χ4v) is 3.76. The Bertz CT molecular complexity index is 1130. The van der Waals surface area contributed by atoms with Gasteiger partial charge >= 0.3 is 0 Å². The summed E-state index contributed by atoms with van der Waals surface area (Å²) in [6.07, 6.45) is 3.47. The van der Waals surface area contributed by atoms with E-state index in [0.717, 1.165) is 60.6 Å². The lowest BCUT2D eigenvalue weighted by Crippen LogP contribution is -2.47. The first-order valence-electron chi connectivity index (χ1n) is 10.4. The molecule has 3 heterocycles. The van der Waals surface area contributed by atoms with Gasteiger partial charge in [0.15, 0.2) is 0 Å². The van der Waals surface area contributed by atoms with Crippen molar-refractivity contribution in [3.05, 3.63) is 91.4 Å². The molecule has 1 saturated heterocycles. The zero-order valence-corrected chi connectivity index (χ0v) is 17.1. The van der Waals surface area contributed by atoms with Gasteiger partial charge in [-0.15, -0.1) is 0 Å². The number of hydrogen-bond acceptors (Lipinski definition) is 6. The summed E-state index contributed by atoms with van der Waals surface area (Å²) in [5, 5.41) is 0. The van der Waals surface area contributed by atoms with E-state index < -0.39 is 0 Å². The number of rotatable bonds is 5. The van der Waals surface area contributed by atoms with Gasteiger partial charge in [-0.2, -0.15) is 0 Å². The molecule has 6 heteroatoms. The Morgan fingerprint density at radius 2 is 1.35 bits per heavy atom. The molecule has 0 N–H and O–H groups in total. The lowest BCUT2D eigenvalue weighted by atomic mass is 10.1. The maximum absolute atomic E-state index is 6.12. The van der Waals surface area contributed by atoms with Gasteiger partial charge in [-0.25, -0.2) is 15.0 Å². The number of hydrogen-bond donors (Lipinski definition) is 0. The molecule has 31 heavy (non-hydrogen) atoms. The number of anilines is 2. The van der Waals surface area contributed by atoms with E-state index in [2.05, 4.69) is 30.8 Å². The minimum Gasteiger partial charge on any atom is -0.457 e. The predicted octanol–water partition coefficient (Wildman–Crippen LogP) is 4.66. The molecule has 6 nitrogen and oxygen atoms in total. The minimum atomic E-state index is 0.776. The van der Waals surface area contributed by atoms with Crippen molar-refractivity contribution in [2.45, 2.75) is 0 Å². The predicted molar refractivity (Wildman–Crippen MR) is 123 cm³/mol. The van der Waals surface area contributed by atoms with Gasteiger partial charge < -0.3 is 14.5 Å². The first-order chi connectivity index (χ1) is 15.4. The van der Waals surface area contributed by atoms with Gasteiger partial charge in [-0.1, -0.05) is 36.4 Å². The van der Waals surface area contributed by atoms with E-state index in [9.17, 15) is 0 Å². The van der Waals surface area contributed by atoms with Crippen LogP contribution < -0.4 is 14.5 Å². The van der Waals surface area contributed by atoms with Crippen LogP contribution in [0.25, 0.3) is 11.3 Å². The SMILES string of the molecule is c1ccc(Oc2ccccc2-c2cc(N3CCN(c4ccccn4)CC3)ncn2)cc1. The molecule has 2 aromatic carbocycles. The summed E-state index contributed by atoms with van der Waals surface area (Å²) < 4.78 is 6.12. The molecule has 0 radical (unpaired) electrons. The van der Waals surface area contributed by atoms with E-state index in [-0.39, 0.29) is 0 Å². The van der Waals surface area contributed by atoms with Crippen LogP contribution in [0.2, 0.25) is 0 Å². The molecule has 0 atom stereocenters. The highest BCUT2D eigenvalue weighted by Gasteiger charge is 2.20. The highest BCUT2D eigenvalue weighted by Crippen LogP contribution is 2.33. The van der Waals surface area contributed by atoms with Crippen molar-refractivity contribution in [1.82, 2.24) is 15.0 Å². The molecule has 5 rings (SSSR count). The van der Waals surface area contributed by atoms with Crippen LogP contribution in [-0.2, 0) is 0 Å². The highest BCUT2D eigenvalue weighted by molar-refractivity contribution is 5.69. The lowest BCUT2D eigenvalue weighted by Gasteiger charge is -2.36. The fourth-order valence-electron chi connectivity index (χ4n) is 3.76. The normalized spacial score (nSPS) is 13.8. The van der Waals surface area contributed by atoms with Gasteiger partial charge in [-0.05, 0) is 36.4 Å². The van der Waals surface area contributed by atoms with E-state index in [0.29, 0.717) is 0 Å². The van der Waals surface area contributed by atoms with Crippen molar-refractivity contribution in [3.63, 3.8) is 0 Å². The number of ether oxygens (including phenoxy) is 1. The molecule has 1 aliphatic rings. The Kier molecular flexibility index (Phi) is 5.43. The summed E-state index contributed by atoms with van der Waals surface area (Å²) in [5.41, 5.74) is 1.80. The van der Waals surface area contributed by atoms with E-state index in [1.165, 1.54) is 0 Å². The number of pyridine rings is 1. The van der Waals surface area contributed by atoms with Crippen molar-refractivity contribution in [2.75, 3.05) is 36.0 Å². The topological polar surface area (TPSA) is 54.4 Å². The first kappa shape index (κ1) is 19.1. The Morgan fingerprint density at radius 1 is 0.645 bits per heavy atom. The van der Waals surface area contributed by atoms with Crippen LogP contribution in [0.4, 0.5) is 11.6 Å². The van der Waals surface area contributed by atoms with E-state index in [1.54, 1.807) is 6.33 Å². The maximum atomic E-state index is 6.12. The van der Waals surface area contributed by atoms with Crippen molar-refractivity contribution in [2.24, 2.45) is 0 Å². The van der Waals surface area contributed by atoms with Gasteiger partial charge in [0.25, 0.3) is 0 Å². The number of benzene rings is 2. The second kappa shape index (κ2) is 8.83. The molecule has 154 valence electrons. The molecule has 4 aromatic rings. The maximum Gasteiger partial charge on any atom is 0.136 e. The zero-order chi connectivity index (χ0) is 20.9. The second-order valence-electron chi connectivity index (χ2n) is 7.33. The summed E-state index contributed by atoms with van der Waals surface area (Å²) in [4.78, 5) is 18.1. The van der Waals surface area contributed by atoms with E-state index in [4.69, 9.17) is 4.74 Å². The summed E-state index contributed by atoms with van der Waals surface area (Å²) in [7, 11) is 0. The number of nitrogens with zero attached hydrogens (tertiary/aromatic N) is 5. The number of aromatic nitrogens is 3. The molecule has 1 aliphatic heterocycles. The Balaban J connectivity index is 1.35. The number of piperazine rings is 1. The monoisotopic (exact) mass is 409 g/mol. The Labute approximate surface area is 181 Å². The highest BCUT2D eigenvalue weighted by atomic mass is 16.5. The van der Waals surface area contributed by atoms with Crippen LogP contribution in [0.15, 0.2) is 91.4 Å². The first-order valence-corrected chi connectivity index (χ1v) is 10.4. The van der Waals surface area contributed by atoms with Crippen molar-refractivity contribution in [1.29, 1.82) is 0 Å². The molecule has 0 unspecified atom stereocenters. The summed E-state index contributed by atoms with van der Waals surface area (Å²) in [5.74, 6) is 3.53. The van der Waals surface area contributed by atoms with Crippen LogP contribution in [-0.4, -0.2) is 41.1 Å². The van der Waals surface area contributed by atoms with Crippen molar-refractivity contribution < 1.29 is 4.74 Å². The summed E-state index contributed by atoms with van der Waals surface area (Å²) in [6.45, 7) is 3.58. The van der Waals surface area contributed by atoms with E-state index in [1.807, 2.05) is 79.0 Å². The Morgan fingerprint density at radius 3 is 2.13 bits per heavy atom. The van der Waals surface area contributed by atoms with Gasteiger partial charge in [0.1, 0.15) is 29.5 Å². The molecular weight excluding hydrogens is 386 g/mol. The summed E-state index contributed by atoms with van der Waals surface area (Å²) >= 11 is 0. The van der Waals surface area contributed by atoms with Crippen molar-refractivity contribution >= 4 is 11.6 Å². The Hall–Kier alpha value is -3.93. The lowest BCUT2D eigenvalue weighted by molar-refractivity contribution is 0.484. The largest absolute Gasteiger partial charge is 0.457 e. The van der Waals surface area contributed by atoms with Crippen LogP contribution in [0.5, 0.6) is 11.5 Å². The van der Waals surface area contributed by atoms with Crippen LogP contribution in [0.1, 0.15) is 0 Å². The third-order valence-corrected chi connectivity index (χ3v) is 5.36. The third-order valence-electron chi connectivity index (χ3n) is 5.36. The van der Waals surface area contributed by atoms with Gasteiger partial charge in [0.2, 0.25) is 0 Å². The molecule has 0 spiro atoms. The van der Waals surface area contributed by atoms with Crippen molar-refractivity contribution in [3.8, 4) is 22.8 Å². The molecular formula is C25H23N5O. The smallest absolute Gasteiger partial charge is 0.136 e. The summed E-state index contributed by atoms with van der Waals surface area (Å²) in [6, 6.07) is 25.8.